The summed E-state index contributed by atoms with van der Waals surface area (Å²) >= 11 is 1.42. The first-order chi connectivity index (χ1) is 16.2. The van der Waals surface area contributed by atoms with Gasteiger partial charge >= 0.3 is 0 Å². The Morgan fingerprint density at radius 2 is 1.85 bits per heavy atom. The van der Waals surface area contributed by atoms with Crippen molar-refractivity contribution in [2.45, 2.75) is 24.3 Å². The molecule has 1 aromatic heterocycles. The molecule has 0 radical (unpaired) electrons. The molecule has 1 amide bonds. The third kappa shape index (κ3) is 5.48. The molecule has 34 heavy (non-hydrogen) atoms. The largest absolute Gasteiger partial charge is 0.384 e. The van der Waals surface area contributed by atoms with Crippen molar-refractivity contribution in [1.82, 2.24) is 9.71 Å². The van der Waals surface area contributed by atoms with Gasteiger partial charge in [-0.3, -0.25) is 10.2 Å². The smallest absolute Gasteiger partial charge is 0.241 e. The van der Waals surface area contributed by atoms with E-state index >= 15 is 0 Å². The fraction of sp³-hybridized carbons (Fsp3) is 0.125. The Kier molecular flexibility index (Phi) is 6.73. The van der Waals surface area contributed by atoms with Gasteiger partial charge < -0.3 is 11.1 Å². The second-order valence-electron chi connectivity index (χ2n) is 7.72. The quantitative estimate of drug-likeness (QED) is 0.218. The van der Waals surface area contributed by atoms with Gasteiger partial charge in [-0.1, -0.05) is 36.4 Å². The minimum Gasteiger partial charge on any atom is -0.384 e. The molecular weight excluding hydrogens is 470 g/mol. The molecule has 174 valence electrons. The van der Waals surface area contributed by atoms with Crippen LogP contribution in [-0.2, 0) is 21.2 Å². The maximum Gasteiger partial charge on any atom is 0.241 e. The van der Waals surface area contributed by atoms with Crippen LogP contribution in [0.1, 0.15) is 29.1 Å². The Bertz CT molecular complexity index is 1450. The second-order valence-corrected chi connectivity index (χ2v) is 10.5. The molecule has 0 unspecified atom stereocenters. The Labute approximate surface area is 201 Å². The number of sulfonamides is 1. The fourth-order valence-corrected chi connectivity index (χ4v) is 5.86. The number of thiazole rings is 1. The lowest BCUT2D eigenvalue weighted by molar-refractivity contribution is -0.114. The molecule has 1 heterocycles. The van der Waals surface area contributed by atoms with Gasteiger partial charge in [-0.25, -0.2) is 18.1 Å². The summed E-state index contributed by atoms with van der Waals surface area (Å²) in [6.07, 6.45) is 0.311. The van der Waals surface area contributed by atoms with E-state index in [0.29, 0.717) is 22.7 Å². The van der Waals surface area contributed by atoms with Crippen LogP contribution in [0, 0.1) is 5.41 Å². The highest BCUT2D eigenvalue weighted by Gasteiger charge is 2.25. The number of hydrogen-bond donors (Lipinski definition) is 4. The third-order valence-corrected chi connectivity index (χ3v) is 7.67. The van der Waals surface area contributed by atoms with E-state index in [1.165, 1.54) is 30.4 Å². The van der Waals surface area contributed by atoms with Crippen molar-refractivity contribution in [2.75, 3.05) is 5.32 Å². The molecule has 10 heteroatoms. The zero-order valence-corrected chi connectivity index (χ0v) is 19.9. The number of nitrogens with zero attached hydrogens (tertiary/aromatic N) is 1. The van der Waals surface area contributed by atoms with Crippen LogP contribution in [-0.4, -0.2) is 25.1 Å². The molecule has 1 atom stereocenters. The molecule has 0 aliphatic heterocycles. The van der Waals surface area contributed by atoms with Crippen molar-refractivity contribution in [3.05, 3.63) is 88.9 Å². The summed E-state index contributed by atoms with van der Waals surface area (Å²) < 4.78 is 30.4. The van der Waals surface area contributed by atoms with E-state index in [4.69, 9.17) is 11.1 Å². The fourth-order valence-electron chi connectivity index (χ4n) is 3.52. The lowest BCUT2D eigenvalue weighted by atomic mass is 10.0. The minimum atomic E-state index is -3.95. The topological polar surface area (TPSA) is 138 Å². The molecule has 0 spiro atoms. The monoisotopic (exact) mass is 493 g/mol. The number of nitrogens with two attached hydrogens (primary N) is 1. The van der Waals surface area contributed by atoms with E-state index in [9.17, 15) is 13.2 Å². The van der Waals surface area contributed by atoms with Crippen LogP contribution in [0.15, 0.2) is 77.7 Å². The van der Waals surface area contributed by atoms with Crippen LogP contribution < -0.4 is 15.8 Å². The standard InChI is InChI=1S/C24H23N5O3S2/c1-15(30)27-18-8-5-9-19(14-18)34(31,32)29-21(13-16-6-4-7-17(12-16)23(25)26)24-28-20-10-2-3-11-22(20)33-24/h2-12,14,21,29H,13H2,1H3,(H3,25,26)(H,27,30)/t21-/m0/s1. The van der Waals surface area contributed by atoms with E-state index < -0.39 is 16.1 Å². The van der Waals surface area contributed by atoms with Gasteiger partial charge in [0.1, 0.15) is 10.8 Å². The third-order valence-electron chi connectivity index (χ3n) is 5.05. The number of fused-ring (bicyclic) bond motifs is 1. The van der Waals surface area contributed by atoms with Crippen LogP contribution in [0.4, 0.5) is 5.69 Å². The van der Waals surface area contributed by atoms with Crippen LogP contribution in [0.3, 0.4) is 0 Å². The molecule has 4 aromatic rings. The molecule has 0 aliphatic carbocycles. The van der Waals surface area contributed by atoms with E-state index in [1.807, 2.05) is 30.3 Å². The van der Waals surface area contributed by atoms with Crippen molar-refractivity contribution in [3.63, 3.8) is 0 Å². The highest BCUT2D eigenvalue weighted by molar-refractivity contribution is 7.89. The van der Waals surface area contributed by atoms with Gasteiger partial charge in [0.25, 0.3) is 0 Å². The van der Waals surface area contributed by atoms with E-state index in [0.717, 1.165) is 15.8 Å². The zero-order valence-electron chi connectivity index (χ0n) is 18.3. The summed E-state index contributed by atoms with van der Waals surface area (Å²) in [5, 5.41) is 10.9. The number of nitrogen functional groups attached to an aromatic ring is 1. The summed E-state index contributed by atoms with van der Waals surface area (Å²) in [4.78, 5) is 16.1. The number of hydrogen-bond acceptors (Lipinski definition) is 6. The first-order valence-corrected chi connectivity index (χ1v) is 12.7. The summed E-state index contributed by atoms with van der Waals surface area (Å²) in [5.74, 6) is -0.353. The number of amidine groups is 1. The van der Waals surface area contributed by atoms with E-state index in [-0.39, 0.29) is 16.6 Å². The van der Waals surface area contributed by atoms with Crippen LogP contribution >= 0.6 is 11.3 Å². The number of aromatic nitrogens is 1. The van der Waals surface area contributed by atoms with Crippen LogP contribution in [0.5, 0.6) is 0 Å². The Morgan fingerprint density at radius 3 is 2.59 bits per heavy atom. The zero-order chi connectivity index (χ0) is 24.3. The van der Waals surface area contributed by atoms with Crippen LogP contribution in [0.2, 0.25) is 0 Å². The number of anilines is 1. The number of amides is 1. The predicted octanol–water partition coefficient (Wildman–Crippen LogP) is 3.80. The van der Waals surface area contributed by atoms with Gasteiger partial charge in [-0.15, -0.1) is 11.3 Å². The predicted molar refractivity (Wildman–Crippen MR) is 135 cm³/mol. The Morgan fingerprint density at radius 1 is 1.09 bits per heavy atom. The van der Waals surface area contributed by atoms with Gasteiger partial charge in [0.05, 0.1) is 21.2 Å². The van der Waals surface area contributed by atoms with Gasteiger partial charge in [0.15, 0.2) is 0 Å². The maximum absolute atomic E-state index is 13.3. The van der Waals surface area contributed by atoms with Crippen LogP contribution in [0.25, 0.3) is 10.2 Å². The minimum absolute atomic E-state index is 0.0300. The number of carbonyl (C=O) groups excluding carboxylic acids is 1. The molecule has 8 nitrogen and oxygen atoms in total. The summed E-state index contributed by atoms with van der Waals surface area (Å²) in [6.45, 7) is 1.36. The number of carbonyl (C=O) groups is 1. The molecule has 0 saturated heterocycles. The SMILES string of the molecule is CC(=O)Nc1cccc(S(=O)(=O)N[C@@H](Cc2cccc(C(=N)N)c2)c2nc3ccccc3s2)c1. The number of rotatable bonds is 8. The number of para-hydroxylation sites is 1. The van der Waals surface area contributed by atoms with Crippen molar-refractivity contribution in [2.24, 2.45) is 5.73 Å². The van der Waals surface area contributed by atoms with Crippen molar-refractivity contribution >= 4 is 49.0 Å². The van der Waals surface area contributed by atoms with E-state index in [1.54, 1.807) is 30.3 Å². The normalized spacial score (nSPS) is 12.4. The highest BCUT2D eigenvalue weighted by atomic mass is 32.2. The average Bonchev–Trinajstić information content (AvgIpc) is 3.23. The average molecular weight is 494 g/mol. The summed E-state index contributed by atoms with van der Waals surface area (Å²) in [7, 11) is -3.95. The van der Waals surface area contributed by atoms with Gasteiger partial charge in [0, 0.05) is 18.2 Å². The molecule has 3 aromatic carbocycles. The molecule has 0 aliphatic rings. The van der Waals surface area contributed by atoms with Crippen molar-refractivity contribution in [1.29, 1.82) is 5.41 Å². The first kappa shape index (κ1) is 23.6. The highest BCUT2D eigenvalue weighted by Crippen LogP contribution is 2.30. The molecule has 5 N–H and O–H groups in total. The summed E-state index contributed by atoms with van der Waals surface area (Å²) in [5.41, 5.74) is 8.19. The van der Waals surface area contributed by atoms with Crippen molar-refractivity contribution < 1.29 is 13.2 Å². The maximum atomic E-state index is 13.3. The lowest BCUT2D eigenvalue weighted by Crippen LogP contribution is -2.30. The Hall–Kier alpha value is -3.60. The molecule has 0 saturated carbocycles. The molecular formula is C24H23N5O3S2. The van der Waals surface area contributed by atoms with Crippen molar-refractivity contribution in [3.8, 4) is 0 Å². The molecule has 0 fully saturated rings. The number of benzene rings is 3. The van der Waals surface area contributed by atoms with Gasteiger partial charge in [-0.2, -0.15) is 0 Å². The Balaban J connectivity index is 1.71. The lowest BCUT2D eigenvalue weighted by Gasteiger charge is -2.18. The summed E-state index contributed by atoms with van der Waals surface area (Å²) in [6, 6.07) is 20.2. The molecule has 4 rings (SSSR count). The second kappa shape index (κ2) is 9.72. The van der Waals surface area contributed by atoms with Gasteiger partial charge in [-0.05, 0) is 48.4 Å². The first-order valence-electron chi connectivity index (χ1n) is 10.4. The van der Waals surface area contributed by atoms with Gasteiger partial charge in [0.2, 0.25) is 15.9 Å². The van der Waals surface area contributed by atoms with E-state index in [2.05, 4.69) is 15.0 Å². The number of nitrogens with one attached hydrogen (secondary N) is 3. The molecule has 0 bridgehead atoms.